The highest BCUT2D eigenvalue weighted by Gasteiger charge is 2.11. The van der Waals surface area contributed by atoms with Crippen LogP contribution in [0.25, 0.3) is 21.5 Å². The summed E-state index contributed by atoms with van der Waals surface area (Å²) in [5, 5.41) is 4.78. The molecule has 1 unspecified atom stereocenters. The van der Waals surface area contributed by atoms with Gasteiger partial charge in [-0.3, -0.25) is 4.79 Å². The second kappa shape index (κ2) is 8.74. The Morgan fingerprint density at radius 3 is 2.08 bits per heavy atom. The Balaban J connectivity index is 0.000000647. The van der Waals surface area contributed by atoms with Crippen LogP contribution in [0.5, 0.6) is 0 Å². The number of rotatable bonds is 3. The molecular formula is C21H24O2S. The summed E-state index contributed by atoms with van der Waals surface area (Å²) in [4.78, 5) is 11.3. The maximum atomic E-state index is 11.3. The van der Waals surface area contributed by atoms with Gasteiger partial charge in [-0.2, -0.15) is 12.6 Å². The number of hydrogen-bond donors (Lipinski definition) is 1. The van der Waals surface area contributed by atoms with Gasteiger partial charge < -0.3 is 4.74 Å². The van der Waals surface area contributed by atoms with Gasteiger partial charge in [-0.1, -0.05) is 56.7 Å². The van der Waals surface area contributed by atoms with Crippen LogP contribution in [0.3, 0.4) is 0 Å². The van der Waals surface area contributed by atoms with Crippen LogP contribution in [0.2, 0.25) is 0 Å². The molecule has 0 N–H and O–H groups in total. The van der Waals surface area contributed by atoms with Crippen LogP contribution in [0, 0.1) is 0 Å². The topological polar surface area (TPSA) is 26.3 Å². The molecule has 0 bridgehead atoms. The molecule has 0 saturated heterocycles. The summed E-state index contributed by atoms with van der Waals surface area (Å²) in [5.74, 6) is -0.202. The molecule has 0 saturated carbocycles. The number of fused-ring (bicyclic) bond motifs is 2. The number of ether oxygens (including phenoxy) is 1. The van der Waals surface area contributed by atoms with Gasteiger partial charge in [-0.25, -0.2) is 0 Å². The van der Waals surface area contributed by atoms with Crippen LogP contribution < -0.4 is 0 Å². The summed E-state index contributed by atoms with van der Waals surface area (Å²) in [5.41, 5.74) is 0.993. The van der Waals surface area contributed by atoms with Gasteiger partial charge in [-0.05, 0) is 52.2 Å². The summed E-state index contributed by atoms with van der Waals surface area (Å²) in [6.45, 7) is 6.13. The monoisotopic (exact) mass is 340 g/mol. The Morgan fingerprint density at radius 2 is 1.50 bits per heavy atom. The van der Waals surface area contributed by atoms with E-state index in [-0.39, 0.29) is 17.8 Å². The van der Waals surface area contributed by atoms with E-state index >= 15 is 0 Å². The number of esters is 1. The Morgan fingerprint density at radius 1 is 0.958 bits per heavy atom. The van der Waals surface area contributed by atoms with Crippen molar-refractivity contribution in [3.8, 4) is 0 Å². The first-order valence-corrected chi connectivity index (χ1v) is 8.95. The molecule has 0 aromatic heterocycles. The lowest BCUT2D eigenvalue weighted by Gasteiger charge is -2.14. The Kier molecular flexibility index (Phi) is 6.68. The third-order valence-corrected chi connectivity index (χ3v) is 3.89. The quantitative estimate of drug-likeness (QED) is 0.362. The van der Waals surface area contributed by atoms with E-state index < -0.39 is 0 Å². The zero-order valence-corrected chi connectivity index (χ0v) is 15.3. The Hall–Kier alpha value is -2.00. The molecule has 3 rings (SSSR count). The highest BCUT2D eigenvalue weighted by atomic mass is 32.1. The predicted octanol–water partition coefficient (Wildman–Crippen LogP) is 5.94. The largest absolute Gasteiger partial charge is 0.457 e. The summed E-state index contributed by atoms with van der Waals surface area (Å²) < 4.78 is 5.31. The molecule has 126 valence electrons. The summed E-state index contributed by atoms with van der Waals surface area (Å²) >= 11 is 3.93. The summed E-state index contributed by atoms with van der Waals surface area (Å²) in [6.07, 6.45) is 0.987. The normalized spacial score (nSPS) is 11.7. The zero-order valence-electron chi connectivity index (χ0n) is 14.5. The highest BCUT2D eigenvalue weighted by molar-refractivity contribution is 7.81. The van der Waals surface area contributed by atoms with Crippen molar-refractivity contribution in [2.24, 2.45) is 0 Å². The fourth-order valence-corrected chi connectivity index (χ4v) is 2.59. The zero-order chi connectivity index (χ0) is 17.5. The van der Waals surface area contributed by atoms with Crippen molar-refractivity contribution in [3.63, 3.8) is 0 Å². The van der Waals surface area contributed by atoms with E-state index in [1.165, 1.54) is 22.6 Å². The van der Waals surface area contributed by atoms with Crippen LogP contribution in [-0.4, -0.2) is 11.7 Å². The van der Waals surface area contributed by atoms with Gasteiger partial charge in [0.25, 0.3) is 0 Å². The van der Waals surface area contributed by atoms with Crippen LogP contribution in [0.15, 0.2) is 54.6 Å². The lowest BCUT2D eigenvalue weighted by Crippen LogP contribution is -2.09. The number of thiol groups is 1. The SMILES string of the molecule is CC(OC(=O)CS)c1ccc2cc3ccccc3cc2c1.CCC. The van der Waals surface area contributed by atoms with Crippen molar-refractivity contribution in [1.29, 1.82) is 0 Å². The Bertz CT molecular complexity index is 826. The van der Waals surface area contributed by atoms with Gasteiger partial charge in [0.1, 0.15) is 6.10 Å². The molecule has 3 aromatic rings. The average Bonchev–Trinajstić information content (AvgIpc) is 2.59. The maximum absolute atomic E-state index is 11.3. The molecule has 0 fully saturated rings. The van der Waals surface area contributed by atoms with E-state index in [0.717, 1.165) is 10.9 Å². The second-order valence-corrected chi connectivity index (χ2v) is 6.12. The molecule has 3 aromatic carbocycles. The molecular weight excluding hydrogens is 316 g/mol. The molecule has 0 aliphatic rings. The van der Waals surface area contributed by atoms with E-state index in [1.54, 1.807) is 0 Å². The first-order chi connectivity index (χ1) is 11.6. The standard InChI is InChI=1S/C18H16O2S.C3H8/c1-12(20-18(19)11-21)13-6-7-16-9-14-4-2-3-5-15(14)10-17(16)8-13;1-3-2/h2-10,12,21H,11H2,1H3;3H2,1-2H3. The Labute approximate surface area is 149 Å². The van der Waals surface area contributed by atoms with Gasteiger partial charge in [0.15, 0.2) is 0 Å². The molecule has 0 aliphatic carbocycles. The van der Waals surface area contributed by atoms with Crippen LogP contribution >= 0.6 is 12.6 Å². The number of benzene rings is 3. The van der Waals surface area contributed by atoms with Crippen molar-refractivity contribution in [3.05, 3.63) is 60.2 Å². The predicted molar refractivity (Wildman–Crippen MR) is 106 cm³/mol. The molecule has 0 spiro atoms. The first-order valence-electron chi connectivity index (χ1n) is 8.31. The first kappa shape index (κ1) is 18.3. The minimum Gasteiger partial charge on any atom is -0.457 e. The number of hydrogen-bond acceptors (Lipinski definition) is 3. The minimum atomic E-state index is -0.301. The molecule has 24 heavy (non-hydrogen) atoms. The minimum absolute atomic E-state index is 0.0998. The fourth-order valence-electron chi connectivity index (χ4n) is 2.51. The van der Waals surface area contributed by atoms with Gasteiger partial charge in [0, 0.05) is 0 Å². The summed E-state index contributed by atoms with van der Waals surface area (Å²) in [7, 11) is 0. The molecule has 0 aliphatic heterocycles. The van der Waals surface area contributed by atoms with E-state index in [4.69, 9.17) is 4.74 Å². The van der Waals surface area contributed by atoms with Gasteiger partial charge >= 0.3 is 5.97 Å². The molecule has 0 amide bonds. The molecule has 0 heterocycles. The van der Waals surface area contributed by atoms with Gasteiger partial charge in [0.05, 0.1) is 5.75 Å². The molecule has 2 nitrogen and oxygen atoms in total. The third kappa shape index (κ3) is 4.51. The van der Waals surface area contributed by atoms with Crippen molar-refractivity contribution in [2.75, 3.05) is 5.75 Å². The third-order valence-electron chi connectivity index (χ3n) is 3.64. The molecule has 3 heteroatoms. The van der Waals surface area contributed by atoms with Crippen LogP contribution in [0.1, 0.15) is 38.9 Å². The van der Waals surface area contributed by atoms with Crippen LogP contribution in [-0.2, 0) is 9.53 Å². The number of carbonyl (C=O) groups excluding carboxylic acids is 1. The summed E-state index contributed by atoms with van der Waals surface area (Å²) in [6, 6.07) is 18.8. The van der Waals surface area contributed by atoms with Crippen molar-refractivity contribution >= 4 is 40.1 Å². The van der Waals surface area contributed by atoms with E-state index in [0.29, 0.717) is 0 Å². The lowest BCUT2D eigenvalue weighted by atomic mass is 10.0. The van der Waals surface area contributed by atoms with Gasteiger partial charge in [-0.15, -0.1) is 0 Å². The van der Waals surface area contributed by atoms with Gasteiger partial charge in [0.2, 0.25) is 0 Å². The smallest absolute Gasteiger partial charge is 0.316 e. The van der Waals surface area contributed by atoms with Crippen molar-refractivity contribution in [2.45, 2.75) is 33.3 Å². The van der Waals surface area contributed by atoms with Crippen LogP contribution in [0.4, 0.5) is 0 Å². The average molecular weight is 340 g/mol. The number of carbonyl (C=O) groups is 1. The second-order valence-electron chi connectivity index (χ2n) is 5.80. The van der Waals surface area contributed by atoms with E-state index in [2.05, 4.69) is 62.9 Å². The maximum Gasteiger partial charge on any atom is 0.316 e. The fraction of sp³-hybridized carbons (Fsp3) is 0.286. The highest BCUT2D eigenvalue weighted by Crippen LogP contribution is 2.26. The van der Waals surface area contributed by atoms with Crippen molar-refractivity contribution < 1.29 is 9.53 Å². The van der Waals surface area contributed by atoms with E-state index in [9.17, 15) is 4.79 Å². The molecule has 1 atom stereocenters. The van der Waals surface area contributed by atoms with Crippen molar-refractivity contribution in [1.82, 2.24) is 0 Å². The van der Waals surface area contributed by atoms with E-state index in [1.807, 2.05) is 25.1 Å². The lowest BCUT2D eigenvalue weighted by molar-refractivity contribution is -0.145. The molecule has 0 radical (unpaired) electrons.